The molecular weight excluding hydrogens is 364 g/mol. The first kappa shape index (κ1) is 20.5. The Morgan fingerprint density at radius 1 is 0.655 bits per heavy atom. The van der Waals surface area contributed by atoms with Crippen molar-refractivity contribution in [3.05, 3.63) is 83.9 Å². The first-order valence-electron chi connectivity index (χ1n) is 9.55. The Morgan fingerprint density at radius 2 is 1.14 bits per heavy atom. The summed E-state index contributed by atoms with van der Waals surface area (Å²) in [6.45, 7) is 3.48. The Hall–Kier alpha value is -3.26. The van der Waals surface area contributed by atoms with Gasteiger partial charge in [0.05, 0.1) is 6.61 Å². The largest absolute Gasteiger partial charge is 0.491 e. The van der Waals surface area contributed by atoms with E-state index < -0.39 is 0 Å². The van der Waals surface area contributed by atoms with Gasteiger partial charge in [-0.3, -0.25) is 0 Å². The summed E-state index contributed by atoms with van der Waals surface area (Å²) in [5.41, 5.74) is 4.06. The predicted molar refractivity (Wildman–Crippen MR) is 114 cm³/mol. The van der Waals surface area contributed by atoms with E-state index >= 15 is 0 Å². The van der Waals surface area contributed by atoms with Crippen molar-refractivity contribution in [2.45, 2.75) is 6.92 Å². The lowest BCUT2D eigenvalue weighted by molar-refractivity contribution is 0.0985. The molecule has 3 rings (SSSR count). The molecule has 0 aliphatic heterocycles. The highest BCUT2D eigenvalue weighted by atomic mass is 16.6. The Bertz CT molecular complexity index is 933. The molecule has 0 heterocycles. The van der Waals surface area contributed by atoms with Gasteiger partial charge in [-0.25, -0.2) is 0 Å². The highest BCUT2D eigenvalue weighted by molar-refractivity contribution is 5.65. The van der Waals surface area contributed by atoms with E-state index in [9.17, 15) is 0 Å². The average molecular weight is 388 g/mol. The molecule has 0 bridgehead atoms. The standard InChI is InChI=1S/C25H24O4/c1-2-27-17-18-28-24-13-7-21(8-14-24)4-3-20-5-9-22(10-6-20)23-11-15-25(16-12-23)29-19-26/h5-16,26H,2,17-19H2,1H3. The fraction of sp³-hybridized carbons (Fsp3) is 0.200. The topological polar surface area (TPSA) is 47.9 Å². The molecule has 0 aromatic heterocycles. The summed E-state index contributed by atoms with van der Waals surface area (Å²) in [5, 5.41) is 8.79. The zero-order valence-corrected chi connectivity index (χ0v) is 16.4. The molecular formula is C25H24O4. The Labute approximate surface area is 171 Å². The van der Waals surface area contributed by atoms with Gasteiger partial charge < -0.3 is 19.3 Å². The lowest BCUT2D eigenvalue weighted by atomic mass is 10.0. The molecule has 0 atom stereocenters. The van der Waals surface area contributed by atoms with Gasteiger partial charge in [0.25, 0.3) is 0 Å². The van der Waals surface area contributed by atoms with Crippen LogP contribution in [0.5, 0.6) is 11.5 Å². The van der Waals surface area contributed by atoms with Crippen molar-refractivity contribution in [2.75, 3.05) is 26.6 Å². The molecule has 0 aliphatic rings. The summed E-state index contributed by atoms with van der Waals surface area (Å²) in [7, 11) is 0. The fourth-order valence-electron chi connectivity index (χ4n) is 2.71. The number of aliphatic hydroxyl groups excluding tert-OH is 1. The highest BCUT2D eigenvalue weighted by Crippen LogP contribution is 2.22. The van der Waals surface area contributed by atoms with Crippen LogP contribution in [0.3, 0.4) is 0 Å². The van der Waals surface area contributed by atoms with Gasteiger partial charge in [-0.1, -0.05) is 36.1 Å². The Balaban J connectivity index is 1.59. The second-order valence-electron chi connectivity index (χ2n) is 6.19. The maximum atomic E-state index is 8.79. The van der Waals surface area contributed by atoms with Crippen LogP contribution < -0.4 is 9.47 Å². The van der Waals surface area contributed by atoms with Crippen LogP contribution >= 0.6 is 0 Å². The summed E-state index contributed by atoms with van der Waals surface area (Å²) in [4.78, 5) is 0. The molecule has 0 amide bonds. The van der Waals surface area contributed by atoms with Crippen molar-refractivity contribution >= 4 is 0 Å². The van der Waals surface area contributed by atoms with Crippen molar-refractivity contribution in [1.82, 2.24) is 0 Å². The first-order chi connectivity index (χ1) is 14.3. The smallest absolute Gasteiger partial charge is 0.186 e. The molecule has 29 heavy (non-hydrogen) atoms. The van der Waals surface area contributed by atoms with E-state index in [-0.39, 0.29) is 6.79 Å². The molecule has 0 radical (unpaired) electrons. The van der Waals surface area contributed by atoms with E-state index in [0.717, 1.165) is 28.0 Å². The second-order valence-corrected chi connectivity index (χ2v) is 6.19. The SMILES string of the molecule is CCOCCOc1ccc(C#Cc2ccc(-c3ccc(OCO)cc3)cc2)cc1. The van der Waals surface area contributed by atoms with E-state index in [1.54, 1.807) is 0 Å². The predicted octanol–water partition coefficient (Wildman–Crippen LogP) is 4.50. The van der Waals surface area contributed by atoms with Crippen LogP contribution in [0.2, 0.25) is 0 Å². The van der Waals surface area contributed by atoms with Gasteiger partial charge in [0.2, 0.25) is 0 Å². The van der Waals surface area contributed by atoms with E-state index in [2.05, 4.69) is 11.8 Å². The number of aliphatic hydroxyl groups is 1. The molecule has 148 valence electrons. The average Bonchev–Trinajstić information content (AvgIpc) is 2.77. The van der Waals surface area contributed by atoms with Crippen LogP contribution in [-0.2, 0) is 4.74 Å². The summed E-state index contributed by atoms with van der Waals surface area (Å²) in [5.74, 6) is 7.82. The number of hydrogen-bond donors (Lipinski definition) is 1. The van der Waals surface area contributed by atoms with Crippen molar-refractivity contribution in [2.24, 2.45) is 0 Å². The minimum atomic E-state index is -0.323. The van der Waals surface area contributed by atoms with Gasteiger partial charge in [-0.05, 0) is 66.6 Å². The number of ether oxygens (including phenoxy) is 3. The lowest BCUT2D eigenvalue weighted by Crippen LogP contribution is -2.06. The second kappa shape index (κ2) is 10.9. The van der Waals surface area contributed by atoms with Crippen molar-refractivity contribution in [1.29, 1.82) is 0 Å². The van der Waals surface area contributed by atoms with Crippen LogP contribution in [0.4, 0.5) is 0 Å². The van der Waals surface area contributed by atoms with Gasteiger partial charge >= 0.3 is 0 Å². The third kappa shape index (κ3) is 6.39. The molecule has 4 nitrogen and oxygen atoms in total. The minimum Gasteiger partial charge on any atom is -0.491 e. The number of hydrogen-bond acceptors (Lipinski definition) is 4. The molecule has 0 saturated carbocycles. The molecule has 0 fully saturated rings. The normalized spacial score (nSPS) is 10.1. The molecule has 1 N–H and O–H groups in total. The van der Waals surface area contributed by atoms with Gasteiger partial charge in [-0.2, -0.15) is 0 Å². The third-order valence-electron chi connectivity index (χ3n) is 4.21. The van der Waals surface area contributed by atoms with Crippen LogP contribution in [0, 0.1) is 11.8 Å². The zero-order chi connectivity index (χ0) is 20.3. The molecule has 3 aromatic carbocycles. The van der Waals surface area contributed by atoms with Crippen molar-refractivity contribution in [3.8, 4) is 34.5 Å². The molecule has 4 heteroatoms. The first-order valence-corrected chi connectivity index (χ1v) is 9.55. The van der Waals surface area contributed by atoms with E-state index in [4.69, 9.17) is 19.3 Å². The molecule has 0 saturated heterocycles. The Morgan fingerprint density at radius 3 is 1.69 bits per heavy atom. The monoisotopic (exact) mass is 388 g/mol. The van der Waals surface area contributed by atoms with Crippen molar-refractivity contribution in [3.63, 3.8) is 0 Å². The summed E-state index contributed by atoms with van der Waals surface area (Å²) >= 11 is 0. The zero-order valence-electron chi connectivity index (χ0n) is 16.4. The van der Waals surface area contributed by atoms with E-state index in [1.807, 2.05) is 79.7 Å². The van der Waals surface area contributed by atoms with Crippen LogP contribution in [-0.4, -0.2) is 31.7 Å². The van der Waals surface area contributed by atoms with Gasteiger partial charge in [0, 0.05) is 17.7 Å². The van der Waals surface area contributed by atoms with Crippen LogP contribution in [0.25, 0.3) is 11.1 Å². The summed E-state index contributed by atoms with van der Waals surface area (Å²) in [6.07, 6.45) is 0. The maximum Gasteiger partial charge on any atom is 0.186 e. The minimum absolute atomic E-state index is 0.323. The van der Waals surface area contributed by atoms with Gasteiger partial charge in [0.15, 0.2) is 6.79 Å². The number of rotatable bonds is 8. The Kier molecular flexibility index (Phi) is 7.71. The number of benzene rings is 3. The lowest BCUT2D eigenvalue weighted by Gasteiger charge is -2.05. The highest BCUT2D eigenvalue weighted by Gasteiger charge is 1.99. The van der Waals surface area contributed by atoms with Crippen molar-refractivity contribution < 1.29 is 19.3 Å². The van der Waals surface area contributed by atoms with Gasteiger partial charge in [0.1, 0.15) is 18.1 Å². The maximum absolute atomic E-state index is 8.79. The van der Waals surface area contributed by atoms with E-state index in [1.165, 1.54) is 0 Å². The fourth-order valence-corrected chi connectivity index (χ4v) is 2.71. The molecule has 0 aliphatic carbocycles. The quantitative estimate of drug-likeness (QED) is 0.351. The van der Waals surface area contributed by atoms with Gasteiger partial charge in [-0.15, -0.1) is 0 Å². The third-order valence-corrected chi connectivity index (χ3v) is 4.21. The van der Waals surface area contributed by atoms with Crippen LogP contribution in [0.1, 0.15) is 18.1 Å². The van der Waals surface area contributed by atoms with E-state index in [0.29, 0.717) is 25.6 Å². The summed E-state index contributed by atoms with van der Waals surface area (Å²) in [6, 6.07) is 23.4. The molecule has 0 unspecified atom stereocenters. The summed E-state index contributed by atoms with van der Waals surface area (Å²) < 4.78 is 15.9. The molecule has 3 aromatic rings. The van der Waals surface area contributed by atoms with Crippen LogP contribution in [0.15, 0.2) is 72.8 Å². The molecule has 0 spiro atoms.